The number of amides is 3. The minimum atomic E-state index is -0.391. The van der Waals surface area contributed by atoms with E-state index in [0.717, 1.165) is 33.5 Å². The number of anilines is 1. The zero-order valence-electron chi connectivity index (χ0n) is 19.2. The first-order chi connectivity index (χ1) is 17.5. The zero-order chi connectivity index (χ0) is 25.1. The van der Waals surface area contributed by atoms with E-state index in [1.165, 1.54) is 11.3 Å². The van der Waals surface area contributed by atoms with Crippen molar-refractivity contribution in [2.75, 3.05) is 4.90 Å². The van der Waals surface area contributed by atoms with Gasteiger partial charge in [-0.2, -0.15) is 0 Å². The minimum absolute atomic E-state index is 0.149. The summed E-state index contributed by atoms with van der Waals surface area (Å²) in [4.78, 5) is 48.4. The molecule has 0 unspecified atom stereocenters. The summed E-state index contributed by atoms with van der Waals surface area (Å²) >= 11 is 2.26. The fourth-order valence-corrected chi connectivity index (χ4v) is 5.39. The highest BCUT2D eigenvalue weighted by Gasteiger charge is 2.26. The number of benzene rings is 2. The predicted octanol–water partition coefficient (Wildman–Crippen LogP) is 5.68. The van der Waals surface area contributed by atoms with Crippen LogP contribution in [0.15, 0.2) is 84.0 Å². The highest BCUT2D eigenvalue weighted by molar-refractivity contribution is 8.18. The molecule has 5 rings (SSSR count). The van der Waals surface area contributed by atoms with Gasteiger partial charge in [-0.05, 0) is 48.0 Å². The summed E-state index contributed by atoms with van der Waals surface area (Å²) < 4.78 is 0. The molecule has 178 valence electrons. The third-order valence-corrected chi connectivity index (χ3v) is 7.48. The quantitative estimate of drug-likeness (QED) is 0.334. The molecule has 0 radical (unpaired) electrons. The number of imide groups is 1. The molecular weight excluding hydrogens is 492 g/mol. The third-order valence-electron chi connectivity index (χ3n) is 5.47. The summed E-state index contributed by atoms with van der Waals surface area (Å²) in [6.07, 6.45) is 5.00. The summed E-state index contributed by atoms with van der Waals surface area (Å²) in [6, 6.07) is 21.0. The van der Waals surface area contributed by atoms with E-state index in [4.69, 9.17) is 0 Å². The molecule has 1 aliphatic rings. The van der Waals surface area contributed by atoms with E-state index in [1.807, 2.05) is 67.6 Å². The highest BCUT2D eigenvalue weighted by Crippen LogP contribution is 2.31. The largest absolute Gasteiger partial charge is 0.302 e. The van der Waals surface area contributed by atoms with Crippen LogP contribution in [0.3, 0.4) is 0 Å². The number of hydrogen-bond acceptors (Lipinski definition) is 7. The molecule has 4 aromatic rings. The number of aryl methyl sites for hydroxylation is 1. The summed E-state index contributed by atoms with van der Waals surface area (Å²) in [7, 11) is 0. The van der Waals surface area contributed by atoms with Crippen molar-refractivity contribution in [1.29, 1.82) is 0 Å². The normalized spacial score (nSPS) is 14.2. The second-order valence-corrected chi connectivity index (χ2v) is 10.0. The van der Waals surface area contributed by atoms with Crippen molar-refractivity contribution in [3.05, 3.63) is 106 Å². The summed E-state index contributed by atoms with van der Waals surface area (Å²) in [5, 5.41) is 2.68. The van der Waals surface area contributed by atoms with Crippen LogP contribution in [0.25, 0.3) is 16.6 Å². The maximum absolute atomic E-state index is 13.8. The number of carbonyl (C=O) groups is 3. The van der Waals surface area contributed by atoms with Crippen LogP contribution in [0.5, 0.6) is 0 Å². The summed E-state index contributed by atoms with van der Waals surface area (Å²) in [6.45, 7) is 2.18. The lowest BCUT2D eigenvalue weighted by molar-refractivity contribution is -0.115. The van der Waals surface area contributed by atoms with E-state index in [0.29, 0.717) is 27.7 Å². The molecule has 2 aromatic carbocycles. The van der Waals surface area contributed by atoms with Crippen LogP contribution in [-0.2, 0) is 11.3 Å². The van der Waals surface area contributed by atoms with Gasteiger partial charge in [-0.15, -0.1) is 11.3 Å². The van der Waals surface area contributed by atoms with E-state index in [2.05, 4.69) is 15.3 Å². The lowest BCUT2D eigenvalue weighted by Crippen LogP contribution is -2.30. The molecule has 0 bridgehead atoms. The molecule has 3 heterocycles. The molecular formula is C27H20N4O3S2. The number of pyridine rings is 1. The van der Waals surface area contributed by atoms with Crippen molar-refractivity contribution in [3.8, 4) is 10.6 Å². The molecule has 1 fully saturated rings. The van der Waals surface area contributed by atoms with Crippen molar-refractivity contribution in [1.82, 2.24) is 15.3 Å². The zero-order valence-corrected chi connectivity index (χ0v) is 20.8. The lowest BCUT2D eigenvalue weighted by Gasteiger charge is -2.22. The van der Waals surface area contributed by atoms with Crippen molar-refractivity contribution in [2.24, 2.45) is 0 Å². The van der Waals surface area contributed by atoms with Gasteiger partial charge in [-0.1, -0.05) is 54.6 Å². The molecule has 1 N–H and O–H groups in total. The second kappa shape index (κ2) is 10.3. The van der Waals surface area contributed by atoms with Gasteiger partial charge in [0.15, 0.2) is 0 Å². The van der Waals surface area contributed by atoms with Gasteiger partial charge in [0.1, 0.15) is 9.88 Å². The number of nitrogens with one attached hydrogen (secondary N) is 1. The third kappa shape index (κ3) is 5.12. The molecule has 1 saturated heterocycles. The topological polar surface area (TPSA) is 92.3 Å². The van der Waals surface area contributed by atoms with Gasteiger partial charge >= 0.3 is 0 Å². The molecule has 7 nitrogen and oxygen atoms in total. The van der Waals surface area contributed by atoms with Crippen molar-refractivity contribution in [2.45, 2.75) is 13.5 Å². The lowest BCUT2D eigenvalue weighted by atomic mass is 10.1. The van der Waals surface area contributed by atoms with E-state index in [9.17, 15) is 14.4 Å². The molecule has 1 aliphatic heterocycles. The van der Waals surface area contributed by atoms with Crippen LogP contribution in [0.4, 0.5) is 10.5 Å². The van der Waals surface area contributed by atoms with Gasteiger partial charge in [-0.3, -0.25) is 24.7 Å². The molecule has 2 aromatic heterocycles. The van der Waals surface area contributed by atoms with Gasteiger partial charge in [0.2, 0.25) is 0 Å². The number of nitrogens with zero attached hydrogens (tertiary/aromatic N) is 3. The van der Waals surface area contributed by atoms with Crippen LogP contribution in [0, 0.1) is 6.92 Å². The maximum atomic E-state index is 13.8. The molecule has 0 atom stereocenters. The number of hydrogen-bond donors (Lipinski definition) is 1. The van der Waals surface area contributed by atoms with Crippen molar-refractivity contribution < 1.29 is 14.4 Å². The second-order valence-electron chi connectivity index (χ2n) is 8.00. The van der Waals surface area contributed by atoms with Crippen molar-refractivity contribution in [3.63, 3.8) is 0 Å². The Morgan fingerprint density at radius 2 is 1.81 bits per heavy atom. The number of rotatable bonds is 6. The van der Waals surface area contributed by atoms with Gasteiger partial charge in [0.05, 0.1) is 29.0 Å². The summed E-state index contributed by atoms with van der Waals surface area (Å²) in [5.74, 6) is -0.541. The smallest absolute Gasteiger partial charge is 0.290 e. The van der Waals surface area contributed by atoms with Crippen molar-refractivity contribution >= 4 is 51.9 Å². The van der Waals surface area contributed by atoms with Crippen LogP contribution < -0.4 is 10.2 Å². The Morgan fingerprint density at radius 1 is 1.03 bits per heavy atom. The van der Waals surface area contributed by atoms with Gasteiger partial charge < -0.3 is 4.90 Å². The predicted molar refractivity (Wildman–Crippen MR) is 143 cm³/mol. The number of thiazole rings is 1. The first kappa shape index (κ1) is 23.7. The summed E-state index contributed by atoms with van der Waals surface area (Å²) in [5.41, 5.74) is 4.02. The Labute approximate surface area is 215 Å². The van der Waals surface area contributed by atoms with E-state index >= 15 is 0 Å². The monoisotopic (exact) mass is 512 g/mol. The first-order valence-electron chi connectivity index (χ1n) is 11.1. The minimum Gasteiger partial charge on any atom is -0.302 e. The molecule has 0 aliphatic carbocycles. The Bertz CT molecular complexity index is 1470. The average molecular weight is 513 g/mol. The molecule has 0 saturated carbocycles. The van der Waals surface area contributed by atoms with E-state index in [-0.39, 0.29) is 11.1 Å². The van der Waals surface area contributed by atoms with Gasteiger partial charge in [0.25, 0.3) is 17.1 Å². The maximum Gasteiger partial charge on any atom is 0.290 e. The molecule has 3 amide bonds. The van der Waals surface area contributed by atoms with E-state index in [1.54, 1.807) is 29.4 Å². The Hall–Kier alpha value is -4.08. The average Bonchev–Trinajstić information content (AvgIpc) is 3.44. The Balaban J connectivity index is 1.42. The standard InChI is InChI=1S/C27H20N4O3S2/c1-17-23(36-25(29-17)20-6-3-2-4-7-20)26(33)31(21-8-5-13-28-15-21)16-19-11-9-18(10-12-19)14-22-24(32)30-27(34)35-22/h2-15H,16H2,1H3,(H,30,32,34)/b22-14+. The van der Waals surface area contributed by atoms with Gasteiger partial charge in [0, 0.05) is 11.8 Å². The highest BCUT2D eigenvalue weighted by atomic mass is 32.2. The van der Waals surface area contributed by atoms with E-state index < -0.39 is 5.91 Å². The van der Waals surface area contributed by atoms with Crippen LogP contribution in [-0.4, -0.2) is 27.0 Å². The number of carbonyl (C=O) groups excluding carboxylic acids is 3. The SMILES string of the molecule is Cc1nc(-c2ccccc2)sc1C(=O)N(Cc1ccc(/C=C2/SC(=O)NC2=O)cc1)c1cccnc1. The van der Waals surface area contributed by atoms with Gasteiger partial charge in [-0.25, -0.2) is 4.98 Å². The molecule has 0 spiro atoms. The first-order valence-corrected chi connectivity index (χ1v) is 12.7. The fourth-order valence-electron chi connectivity index (χ4n) is 3.69. The fraction of sp³-hybridized carbons (Fsp3) is 0.0741. The molecule has 36 heavy (non-hydrogen) atoms. The number of aromatic nitrogens is 2. The van der Waals surface area contributed by atoms with Crippen LogP contribution in [0.1, 0.15) is 26.5 Å². The molecule has 9 heteroatoms. The Kier molecular flexibility index (Phi) is 6.75. The van der Waals surface area contributed by atoms with Crippen LogP contribution in [0.2, 0.25) is 0 Å². The Morgan fingerprint density at radius 3 is 2.47 bits per heavy atom. The van der Waals surface area contributed by atoms with Crippen LogP contribution >= 0.6 is 23.1 Å². The number of thioether (sulfide) groups is 1.